The van der Waals surface area contributed by atoms with Crippen molar-refractivity contribution in [3.05, 3.63) is 29.6 Å². The molecule has 8 nitrogen and oxygen atoms in total. The maximum atomic E-state index is 14.6. The molecular formula is C20H28F2N4O4S. The highest BCUT2D eigenvalue weighted by molar-refractivity contribution is 7.90. The van der Waals surface area contributed by atoms with Gasteiger partial charge in [0.15, 0.2) is 9.84 Å². The molecule has 0 spiro atoms. The molecule has 0 aromatic heterocycles. The van der Waals surface area contributed by atoms with Crippen LogP contribution in [0, 0.1) is 17.7 Å². The first-order valence-electron chi connectivity index (χ1n) is 10.5. The number of likely N-dealkylation sites (tertiary alicyclic amines) is 1. The number of hydrogen-bond donors (Lipinski definition) is 3. The zero-order valence-corrected chi connectivity index (χ0v) is 18.1. The van der Waals surface area contributed by atoms with Crippen LogP contribution in [-0.2, 0) is 19.5 Å². The Bertz CT molecular complexity index is 943. The van der Waals surface area contributed by atoms with Crippen LogP contribution in [-0.4, -0.2) is 57.0 Å². The molecule has 1 aromatic rings. The summed E-state index contributed by atoms with van der Waals surface area (Å²) in [7, 11) is -3.53. The van der Waals surface area contributed by atoms with Gasteiger partial charge in [0.25, 0.3) is 0 Å². The van der Waals surface area contributed by atoms with Gasteiger partial charge in [0.2, 0.25) is 5.91 Å². The van der Waals surface area contributed by atoms with E-state index in [-0.39, 0.29) is 28.8 Å². The summed E-state index contributed by atoms with van der Waals surface area (Å²) in [6.07, 6.45) is 1.70. The molecule has 5 atom stereocenters. The van der Waals surface area contributed by atoms with E-state index in [0.717, 1.165) is 25.2 Å². The van der Waals surface area contributed by atoms with Crippen LogP contribution in [0.25, 0.3) is 0 Å². The predicted octanol–water partition coefficient (Wildman–Crippen LogP) is 0.992. The fraction of sp³-hybridized carbons (Fsp3) is 0.650. The second kappa shape index (κ2) is 8.70. The molecule has 1 aliphatic carbocycles. The molecule has 1 unspecified atom stereocenters. The number of hydroxylamine groups is 1. The number of nitrogens with two attached hydrogens (primary N) is 1. The summed E-state index contributed by atoms with van der Waals surface area (Å²) in [5, 5.41) is 3.13. The van der Waals surface area contributed by atoms with Crippen molar-refractivity contribution in [1.82, 2.24) is 15.7 Å². The molecule has 11 heteroatoms. The molecular weight excluding hydrogens is 430 g/mol. The quantitative estimate of drug-likeness (QED) is 0.558. The Balaban J connectivity index is 1.47. The highest BCUT2D eigenvalue weighted by atomic mass is 32.2. The number of nitrogens with one attached hydrogen (secondary N) is 2. The van der Waals surface area contributed by atoms with Crippen LogP contribution in [0.15, 0.2) is 23.1 Å². The number of hydrogen-bond acceptors (Lipinski definition) is 7. The molecule has 2 heterocycles. The lowest BCUT2D eigenvalue weighted by molar-refractivity contribution is -0.135. The number of sulfone groups is 1. The lowest BCUT2D eigenvalue weighted by Gasteiger charge is -2.30. The standard InChI is InChI=1S/C20H28F2N4O4S/c1-31(28,29)13-4-5-14(16(22)9-13)18-24-19(30-25-18)15(8-11-2-3-11)17(23)20(27)26-7-6-12(21)10-26/h4-5,9,11-12,15,17-19,24-25H,2-3,6-8,10,23H2,1H3/t12-,15-,17-,18+,19?/m0/s1. The second-order valence-corrected chi connectivity index (χ2v) is 10.8. The number of halogens is 2. The Morgan fingerprint density at radius 3 is 2.68 bits per heavy atom. The molecule has 0 bridgehead atoms. The summed E-state index contributed by atoms with van der Waals surface area (Å²) >= 11 is 0. The van der Waals surface area contributed by atoms with E-state index >= 15 is 0 Å². The van der Waals surface area contributed by atoms with Gasteiger partial charge in [-0.05, 0) is 30.9 Å². The predicted molar refractivity (Wildman–Crippen MR) is 108 cm³/mol. The van der Waals surface area contributed by atoms with Crippen LogP contribution < -0.4 is 16.5 Å². The van der Waals surface area contributed by atoms with Crippen molar-refractivity contribution < 1.29 is 26.8 Å². The third-order valence-electron chi connectivity index (χ3n) is 6.23. The monoisotopic (exact) mass is 458 g/mol. The molecule has 1 saturated carbocycles. The Hall–Kier alpha value is -1.66. The maximum Gasteiger partial charge on any atom is 0.240 e. The van der Waals surface area contributed by atoms with Gasteiger partial charge < -0.3 is 10.6 Å². The summed E-state index contributed by atoms with van der Waals surface area (Å²) < 4.78 is 51.4. The second-order valence-electron chi connectivity index (χ2n) is 8.75. The molecule has 1 amide bonds. The SMILES string of the molecule is CS(=O)(=O)c1ccc([C@H]2NOC([C@@H](CC3CC3)[C@H](N)C(=O)N3CC[C@H](F)C3)N2)c(F)c1. The molecule has 3 aliphatic rings. The van der Waals surface area contributed by atoms with Gasteiger partial charge in [-0.25, -0.2) is 17.2 Å². The Morgan fingerprint density at radius 2 is 2.10 bits per heavy atom. The van der Waals surface area contributed by atoms with E-state index in [4.69, 9.17) is 10.6 Å². The number of rotatable bonds is 7. The van der Waals surface area contributed by atoms with E-state index in [1.54, 1.807) is 0 Å². The van der Waals surface area contributed by atoms with Crippen LogP contribution in [0.4, 0.5) is 8.78 Å². The van der Waals surface area contributed by atoms with Crippen molar-refractivity contribution >= 4 is 15.7 Å². The van der Waals surface area contributed by atoms with E-state index in [0.29, 0.717) is 25.3 Å². The lowest BCUT2D eigenvalue weighted by atomic mass is 9.91. The number of carbonyl (C=O) groups is 1. The number of amides is 1. The third-order valence-corrected chi connectivity index (χ3v) is 7.35. The minimum atomic E-state index is -3.53. The molecule has 4 N–H and O–H groups in total. The van der Waals surface area contributed by atoms with E-state index < -0.39 is 40.3 Å². The molecule has 3 fully saturated rings. The van der Waals surface area contributed by atoms with E-state index in [1.807, 2.05) is 0 Å². The van der Waals surface area contributed by atoms with Crippen molar-refractivity contribution in [2.75, 3.05) is 19.3 Å². The van der Waals surface area contributed by atoms with Crippen LogP contribution in [0.5, 0.6) is 0 Å². The van der Waals surface area contributed by atoms with Gasteiger partial charge >= 0.3 is 0 Å². The van der Waals surface area contributed by atoms with Crippen molar-refractivity contribution in [2.45, 2.75) is 55.2 Å². The highest BCUT2D eigenvalue weighted by Crippen LogP contribution is 2.38. The zero-order chi connectivity index (χ0) is 22.3. The first-order chi connectivity index (χ1) is 14.6. The summed E-state index contributed by atoms with van der Waals surface area (Å²) in [5.41, 5.74) is 9.24. The van der Waals surface area contributed by atoms with Crippen LogP contribution in [0.2, 0.25) is 0 Å². The van der Waals surface area contributed by atoms with Crippen molar-refractivity contribution in [2.24, 2.45) is 17.6 Å². The molecule has 172 valence electrons. The smallest absolute Gasteiger partial charge is 0.240 e. The molecule has 1 aromatic carbocycles. The van der Waals surface area contributed by atoms with E-state index in [1.165, 1.54) is 17.0 Å². The molecule has 31 heavy (non-hydrogen) atoms. The first-order valence-corrected chi connectivity index (χ1v) is 12.4. The van der Waals surface area contributed by atoms with Gasteiger partial charge in [-0.3, -0.25) is 14.9 Å². The number of benzene rings is 1. The van der Waals surface area contributed by atoms with Gasteiger partial charge in [-0.1, -0.05) is 18.9 Å². The fourth-order valence-corrected chi connectivity index (χ4v) is 4.85. The summed E-state index contributed by atoms with van der Waals surface area (Å²) in [4.78, 5) is 19.8. The summed E-state index contributed by atoms with van der Waals surface area (Å²) in [6.45, 7) is 0.405. The molecule has 2 aliphatic heterocycles. The van der Waals surface area contributed by atoms with Crippen LogP contribution in [0.3, 0.4) is 0 Å². The molecule has 2 saturated heterocycles. The highest BCUT2D eigenvalue weighted by Gasteiger charge is 2.43. The Labute approximate surface area is 180 Å². The zero-order valence-electron chi connectivity index (χ0n) is 17.3. The van der Waals surface area contributed by atoms with Gasteiger partial charge in [0.05, 0.1) is 17.5 Å². The summed E-state index contributed by atoms with van der Waals surface area (Å²) in [5.74, 6) is -0.924. The minimum Gasteiger partial charge on any atom is -0.338 e. The molecule has 0 radical (unpaired) electrons. The van der Waals surface area contributed by atoms with Crippen LogP contribution >= 0.6 is 0 Å². The number of carbonyl (C=O) groups excluding carboxylic acids is 1. The van der Waals surface area contributed by atoms with Gasteiger partial charge in [-0.2, -0.15) is 5.48 Å². The lowest BCUT2D eigenvalue weighted by Crippen LogP contribution is -2.52. The number of nitrogens with zero attached hydrogens (tertiary/aromatic N) is 1. The normalized spacial score (nSPS) is 28.6. The topological polar surface area (TPSA) is 114 Å². The van der Waals surface area contributed by atoms with E-state index in [9.17, 15) is 22.0 Å². The van der Waals surface area contributed by atoms with E-state index in [2.05, 4.69) is 10.8 Å². The van der Waals surface area contributed by atoms with Crippen molar-refractivity contribution in [3.8, 4) is 0 Å². The third kappa shape index (κ3) is 5.06. The van der Waals surface area contributed by atoms with Gasteiger partial charge in [0.1, 0.15) is 24.4 Å². The Morgan fingerprint density at radius 1 is 1.35 bits per heavy atom. The van der Waals surface area contributed by atoms with Gasteiger partial charge in [-0.15, -0.1) is 0 Å². The average Bonchev–Trinajstić information content (AvgIpc) is 3.22. The Kier molecular flexibility index (Phi) is 6.32. The summed E-state index contributed by atoms with van der Waals surface area (Å²) in [6, 6.07) is 2.82. The molecule has 4 rings (SSSR count). The largest absolute Gasteiger partial charge is 0.338 e. The average molecular weight is 459 g/mol. The van der Waals surface area contributed by atoms with Crippen molar-refractivity contribution in [3.63, 3.8) is 0 Å². The minimum absolute atomic E-state index is 0.0560. The fourth-order valence-electron chi connectivity index (χ4n) is 4.22. The maximum absolute atomic E-state index is 14.6. The van der Waals surface area contributed by atoms with Crippen molar-refractivity contribution in [1.29, 1.82) is 0 Å². The van der Waals surface area contributed by atoms with Gasteiger partial charge in [0, 0.05) is 24.3 Å². The first kappa shape index (κ1) is 22.5. The van der Waals surface area contributed by atoms with Crippen LogP contribution in [0.1, 0.15) is 37.4 Å². The number of alkyl halides is 1.